The number of nitrogens with zero attached hydrogens (tertiary/aromatic N) is 4. The highest BCUT2D eigenvalue weighted by Crippen LogP contribution is 2.33. The van der Waals surface area contributed by atoms with E-state index >= 15 is 0 Å². The van der Waals surface area contributed by atoms with Crippen LogP contribution in [0.3, 0.4) is 0 Å². The summed E-state index contributed by atoms with van der Waals surface area (Å²) in [6.45, 7) is 4.10. The zero-order valence-corrected chi connectivity index (χ0v) is 17.1. The molecule has 0 radical (unpaired) electrons. The first-order valence-electron chi connectivity index (χ1n) is 10.7. The molecule has 1 fully saturated rings. The summed E-state index contributed by atoms with van der Waals surface area (Å²) in [5, 5.41) is 0. The van der Waals surface area contributed by atoms with Gasteiger partial charge in [-0.3, -0.25) is 9.78 Å². The Morgan fingerprint density at radius 2 is 1.57 bits per heavy atom. The molecule has 3 heterocycles. The van der Waals surface area contributed by atoms with Crippen LogP contribution in [0.2, 0.25) is 0 Å². The van der Waals surface area contributed by atoms with Crippen LogP contribution in [0.1, 0.15) is 22.3 Å². The summed E-state index contributed by atoms with van der Waals surface area (Å²) >= 11 is 0. The topological polar surface area (TPSA) is 39.7 Å². The number of aryl methyl sites for hydroxylation is 1. The highest BCUT2D eigenvalue weighted by Gasteiger charge is 2.24. The molecule has 3 aromatic rings. The van der Waals surface area contributed by atoms with Crippen LogP contribution >= 0.6 is 0 Å². The van der Waals surface area contributed by atoms with Gasteiger partial charge < -0.3 is 14.7 Å². The molecule has 30 heavy (non-hydrogen) atoms. The fourth-order valence-electron chi connectivity index (χ4n) is 4.48. The summed E-state index contributed by atoms with van der Waals surface area (Å²) < 4.78 is 0. The lowest BCUT2D eigenvalue weighted by atomic mass is 10.0. The molecule has 1 aromatic heterocycles. The lowest BCUT2D eigenvalue weighted by Crippen LogP contribution is -2.48. The van der Waals surface area contributed by atoms with Crippen molar-refractivity contribution >= 4 is 23.0 Å². The molecule has 1 saturated heterocycles. The second-order valence-electron chi connectivity index (χ2n) is 7.93. The van der Waals surface area contributed by atoms with Crippen LogP contribution in [0.15, 0.2) is 73.1 Å². The Morgan fingerprint density at radius 3 is 2.40 bits per heavy atom. The lowest BCUT2D eigenvalue weighted by molar-refractivity contribution is 0.0746. The number of anilines is 3. The lowest BCUT2D eigenvalue weighted by Gasteiger charge is -2.36. The molecule has 5 heteroatoms. The molecule has 152 valence electrons. The predicted molar refractivity (Wildman–Crippen MR) is 121 cm³/mol. The van der Waals surface area contributed by atoms with Gasteiger partial charge in [-0.15, -0.1) is 0 Å². The summed E-state index contributed by atoms with van der Waals surface area (Å²) in [6.07, 6.45) is 5.78. The molecule has 0 N–H and O–H groups in total. The van der Waals surface area contributed by atoms with Gasteiger partial charge in [0.25, 0.3) is 5.91 Å². The quantitative estimate of drug-likeness (QED) is 0.665. The molecule has 2 aliphatic rings. The van der Waals surface area contributed by atoms with Gasteiger partial charge in [-0.2, -0.15) is 0 Å². The van der Waals surface area contributed by atoms with Crippen LogP contribution in [0, 0.1) is 0 Å². The standard InChI is InChI=1S/C25H26N4O/c30-25(28-15-13-27(14-16-28)22-9-2-1-3-10-22)21-17-23(19-26-18-21)29-12-6-8-20-7-4-5-11-24(20)29/h1-5,7,9-11,17-19H,6,8,12-16H2. The Labute approximate surface area is 177 Å². The SMILES string of the molecule is O=C(c1cncc(N2CCCc3ccccc32)c1)N1CCN(c2ccccc2)CC1. The van der Waals surface area contributed by atoms with E-state index in [1.807, 2.05) is 23.2 Å². The minimum absolute atomic E-state index is 0.0716. The first kappa shape index (κ1) is 18.7. The van der Waals surface area contributed by atoms with E-state index in [1.54, 1.807) is 6.20 Å². The van der Waals surface area contributed by atoms with Gasteiger partial charge in [0.05, 0.1) is 17.4 Å². The van der Waals surface area contributed by atoms with Gasteiger partial charge in [0.1, 0.15) is 0 Å². The van der Waals surface area contributed by atoms with Crippen molar-refractivity contribution in [2.45, 2.75) is 12.8 Å². The van der Waals surface area contributed by atoms with E-state index in [0.717, 1.165) is 51.3 Å². The van der Waals surface area contributed by atoms with E-state index < -0.39 is 0 Å². The fraction of sp³-hybridized carbons (Fsp3) is 0.280. The summed E-state index contributed by atoms with van der Waals surface area (Å²) in [4.78, 5) is 24.2. The Kier molecular flexibility index (Phi) is 5.10. The van der Waals surface area contributed by atoms with Gasteiger partial charge in [-0.05, 0) is 42.7 Å². The van der Waals surface area contributed by atoms with Crippen LogP contribution in [-0.4, -0.2) is 48.5 Å². The number of para-hydroxylation sites is 2. The Morgan fingerprint density at radius 1 is 0.800 bits per heavy atom. The number of carbonyl (C=O) groups excluding carboxylic acids is 1. The number of rotatable bonds is 3. The van der Waals surface area contributed by atoms with E-state index in [-0.39, 0.29) is 5.91 Å². The average Bonchev–Trinajstić information content (AvgIpc) is 2.84. The van der Waals surface area contributed by atoms with Crippen LogP contribution in [-0.2, 0) is 6.42 Å². The van der Waals surface area contributed by atoms with Gasteiger partial charge >= 0.3 is 0 Å². The molecule has 5 rings (SSSR count). The highest BCUT2D eigenvalue weighted by molar-refractivity contribution is 5.95. The second-order valence-corrected chi connectivity index (χ2v) is 7.93. The first-order chi connectivity index (χ1) is 14.8. The number of pyridine rings is 1. The molecular formula is C25H26N4O. The van der Waals surface area contributed by atoms with E-state index in [9.17, 15) is 4.79 Å². The second kappa shape index (κ2) is 8.19. The van der Waals surface area contributed by atoms with E-state index in [4.69, 9.17) is 0 Å². The molecule has 0 bridgehead atoms. The number of piperazine rings is 1. The Balaban J connectivity index is 1.31. The fourth-order valence-corrected chi connectivity index (χ4v) is 4.48. The van der Waals surface area contributed by atoms with Gasteiger partial charge in [-0.1, -0.05) is 36.4 Å². The zero-order valence-electron chi connectivity index (χ0n) is 17.1. The van der Waals surface area contributed by atoms with E-state index in [0.29, 0.717) is 5.56 Å². The number of amides is 1. The Hall–Kier alpha value is -3.34. The van der Waals surface area contributed by atoms with Crippen molar-refractivity contribution in [3.63, 3.8) is 0 Å². The third-order valence-corrected chi connectivity index (χ3v) is 6.08. The van der Waals surface area contributed by atoms with Crippen molar-refractivity contribution in [2.24, 2.45) is 0 Å². The van der Waals surface area contributed by atoms with Gasteiger partial charge in [0.15, 0.2) is 0 Å². The maximum atomic E-state index is 13.2. The molecule has 0 saturated carbocycles. The number of aromatic nitrogens is 1. The van der Waals surface area contributed by atoms with Gasteiger partial charge in [0, 0.05) is 50.3 Å². The maximum absolute atomic E-state index is 13.2. The minimum Gasteiger partial charge on any atom is -0.368 e. The smallest absolute Gasteiger partial charge is 0.255 e. The number of fused-ring (bicyclic) bond motifs is 1. The van der Waals surface area contributed by atoms with Crippen molar-refractivity contribution in [1.82, 2.24) is 9.88 Å². The summed E-state index contributed by atoms with van der Waals surface area (Å²) in [7, 11) is 0. The summed E-state index contributed by atoms with van der Waals surface area (Å²) in [5.41, 5.74) is 5.47. The van der Waals surface area contributed by atoms with Crippen molar-refractivity contribution in [3.8, 4) is 0 Å². The molecule has 1 amide bonds. The molecule has 2 aromatic carbocycles. The van der Waals surface area contributed by atoms with Crippen LogP contribution in [0.5, 0.6) is 0 Å². The molecule has 5 nitrogen and oxygen atoms in total. The number of carbonyl (C=O) groups is 1. The zero-order chi connectivity index (χ0) is 20.3. The summed E-state index contributed by atoms with van der Waals surface area (Å²) in [5.74, 6) is 0.0716. The normalized spacial score (nSPS) is 16.3. The van der Waals surface area contributed by atoms with Crippen molar-refractivity contribution in [3.05, 3.63) is 84.2 Å². The monoisotopic (exact) mass is 398 g/mol. The van der Waals surface area contributed by atoms with Crippen molar-refractivity contribution in [1.29, 1.82) is 0 Å². The average molecular weight is 399 g/mol. The third kappa shape index (κ3) is 3.63. The number of hydrogen-bond donors (Lipinski definition) is 0. The third-order valence-electron chi connectivity index (χ3n) is 6.08. The van der Waals surface area contributed by atoms with Crippen LogP contribution in [0.25, 0.3) is 0 Å². The molecule has 0 unspecified atom stereocenters. The van der Waals surface area contributed by atoms with Crippen molar-refractivity contribution < 1.29 is 4.79 Å². The van der Waals surface area contributed by atoms with E-state index in [1.165, 1.54) is 16.9 Å². The van der Waals surface area contributed by atoms with Crippen LogP contribution < -0.4 is 9.80 Å². The van der Waals surface area contributed by atoms with Crippen molar-refractivity contribution in [2.75, 3.05) is 42.5 Å². The highest BCUT2D eigenvalue weighted by atomic mass is 16.2. The maximum Gasteiger partial charge on any atom is 0.255 e. The molecule has 0 aliphatic carbocycles. The first-order valence-corrected chi connectivity index (χ1v) is 10.7. The van der Waals surface area contributed by atoms with Crippen LogP contribution in [0.4, 0.5) is 17.1 Å². The van der Waals surface area contributed by atoms with Gasteiger partial charge in [-0.25, -0.2) is 0 Å². The largest absolute Gasteiger partial charge is 0.368 e. The number of hydrogen-bond acceptors (Lipinski definition) is 4. The Bertz CT molecular complexity index is 1030. The minimum atomic E-state index is 0.0716. The van der Waals surface area contributed by atoms with E-state index in [2.05, 4.69) is 63.3 Å². The summed E-state index contributed by atoms with van der Waals surface area (Å²) in [6, 6.07) is 20.9. The number of benzene rings is 2. The molecular weight excluding hydrogens is 372 g/mol. The molecule has 2 aliphatic heterocycles. The van der Waals surface area contributed by atoms with Gasteiger partial charge in [0.2, 0.25) is 0 Å². The predicted octanol–water partition coefficient (Wildman–Crippen LogP) is 4.13. The molecule has 0 atom stereocenters. The molecule has 0 spiro atoms.